The summed E-state index contributed by atoms with van der Waals surface area (Å²) in [6, 6.07) is 0. The number of ether oxygens (including phenoxy) is 3. The number of nitrogens with zero attached hydrogens (tertiary/aromatic N) is 3. The molecule has 1 rings (SSSR count). The number of nitrogens with two attached hydrogens (primary N) is 1. The van der Waals surface area contributed by atoms with Crippen LogP contribution in [0, 0.1) is 0 Å². The molecular formula is C43H85N4O8P. The summed E-state index contributed by atoms with van der Waals surface area (Å²) >= 11 is 0. The van der Waals surface area contributed by atoms with Gasteiger partial charge in [-0.1, -0.05) is 181 Å². The molecule has 1 aromatic rings. The van der Waals surface area contributed by atoms with Crippen molar-refractivity contribution in [2.75, 3.05) is 58.3 Å². The Morgan fingerprint density at radius 1 is 0.607 bits per heavy atom. The fourth-order valence-corrected chi connectivity index (χ4v) is 7.98. The third-order valence-electron chi connectivity index (χ3n) is 10.2. The molecule has 56 heavy (non-hydrogen) atoms. The minimum atomic E-state index is -3.73. The van der Waals surface area contributed by atoms with Crippen LogP contribution >= 0.6 is 7.60 Å². The highest BCUT2D eigenvalue weighted by Crippen LogP contribution is 2.48. The molecule has 0 amide bonds. The highest BCUT2D eigenvalue weighted by atomic mass is 31.2. The lowest BCUT2D eigenvalue weighted by Gasteiger charge is -2.22. The molecule has 0 aliphatic rings. The van der Waals surface area contributed by atoms with Crippen LogP contribution in [0.4, 0.5) is 5.95 Å². The van der Waals surface area contributed by atoms with Gasteiger partial charge in [-0.25, -0.2) is 9.78 Å². The van der Waals surface area contributed by atoms with Gasteiger partial charge in [0, 0.05) is 13.2 Å². The number of aliphatic hydroxyl groups excluding tert-OH is 1. The maximum Gasteiger partial charge on any atom is 0.356 e. The second-order valence-electron chi connectivity index (χ2n) is 15.4. The third-order valence-corrected chi connectivity index (χ3v) is 11.8. The molecule has 0 saturated carbocycles. The Bertz CT molecular complexity index is 1050. The zero-order valence-corrected chi connectivity index (χ0v) is 36.9. The van der Waals surface area contributed by atoms with Gasteiger partial charge in [0.15, 0.2) is 0 Å². The van der Waals surface area contributed by atoms with Crippen LogP contribution in [-0.2, 0) is 34.4 Å². The maximum atomic E-state index is 13.7. The van der Waals surface area contributed by atoms with Gasteiger partial charge in [0.2, 0.25) is 5.95 Å². The Kier molecular flexibility index (Phi) is 36.7. The molecule has 0 fully saturated rings. The third kappa shape index (κ3) is 32.5. The SMILES string of the molecule is CCCCCCCCCCCCCCCCOCCOP(=O)(CO[C@H](CO)Cn1cnc(N)nc1=O)OCCOCCCCCCCCCCCCCCCC. The first-order chi connectivity index (χ1) is 27.4. The van der Waals surface area contributed by atoms with Gasteiger partial charge in [0.1, 0.15) is 12.7 Å². The molecule has 0 aliphatic carbocycles. The first kappa shape index (κ1) is 52.6. The summed E-state index contributed by atoms with van der Waals surface area (Å²) in [5, 5.41) is 9.89. The molecule has 0 radical (unpaired) electrons. The Hall–Kier alpha value is -1.40. The van der Waals surface area contributed by atoms with Gasteiger partial charge in [0.05, 0.1) is 45.7 Å². The van der Waals surface area contributed by atoms with Crippen molar-refractivity contribution in [1.82, 2.24) is 14.5 Å². The van der Waals surface area contributed by atoms with Gasteiger partial charge in [-0.05, 0) is 12.8 Å². The van der Waals surface area contributed by atoms with Gasteiger partial charge < -0.3 is 34.1 Å². The summed E-state index contributed by atoms with van der Waals surface area (Å²) in [7, 11) is -3.73. The largest absolute Gasteiger partial charge is 0.394 e. The molecule has 0 saturated heterocycles. The van der Waals surface area contributed by atoms with Gasteiger partial charge in [0.25, 0.3) is 0 Å². The highest BCUT2D eigenvalue weighted by molar-refractivity contribution is 7.53. The summed E-state index contributed by atoms with van der Waals surface area (Å²) in [6.45, 7) is 6.02. The Morgan fingerprint density at radius 3 is 1.34 bits per heavy atom. The van der Waals surface area contributed by atoms with Crippen LogP contribution in [0.3, 0.4) is 0 Å². The molecule has 1 aromatic heterocycles. The summed E-state index contributed by atoms with van der Waals surface area (Å²) in [5.74, 6) is -0.142. The zero-order chi connectivity index (χ0) is 40.6. The van der Waals surface area contributed by atoms with Crippen molar-refractivity contribution in [3.63, 3.8) is 0 Å². The van der Waals surface area contributed by atoms with E-state index in [1.807, 2.05) is 0 Å². The standard InChI is InChI=1S/C43H85N4O8P/c1-3-5-7-9-11-13-15-17-19-21-23-25-27-29-31-51-33-35-54-56(50,40-53-41(38-48)37-47-39-45-42(44)46-43(47)49)55-36-34-52-32-30-28-26-24-22-20-18-16-14-12-10-8-6-4-2/h39,41,48H,3-38,40H2,1-2H3,(H2,44,46,49)/t41-/m0/s1. The Balaban J connectivity index is 2.26. The van der Waals surface area contributed by atoms with Crippen molar-refractivity contribution in [1.29, 1.82) is 0 Å². The molecule has 330 valence electrons. The number of rotatable bonds is 44. The molecule has 0 aliphatic heterocycles. The van der Waals surface area contributed by atoms with E-state index in [-0.39, 0.29) is 38.9 Å². The summed E-state index contributed by atoms with van der Waals surface area (Å²) in [5.41, 5.74) is 4.85. The summed E-state index contributed by atoms with van der Waals surface area (Å²) in [6.07, 6.45) is 36.5. The monoisotopic (exact) mass is 817 g/mol. The molecular weight excluding hydrogens is 731 g/mol. The normalized spacial score (nSPS) is 12.5. The molecule has 0 spiro atoms. The van der Waals surface area contributed by atoms with Crippen molar-refractivity contribution in [2.45, 2.75) is 206 Å². The fourth-order valence-electron chi connectivity index (χ4n) is 6.66. The highest BCUT2D eigenvalue weighted by Gasteiger charge is 2.27. The van der Waals surface area contributed by atoms with Crippen molar-refractivity contribution in [2.24, 2.45) is 0 Å². The molecule has 0 bridgehead atoms. The van der Waals surface area contributed by atoms with E-state index in [4.69, 9.17) is 29.0 Å². The molecule has 1 atom stereocenters. The summed E-state index contributed by atoms with van der Waals surface area (Å²) in [4.78, 5) is 19.6. The van der Waals surface area contributed by atoms with Crippen molar-refractivity contribution < 1.29 is 32.9 Å². The number of aromatic nitrogens is 3. The zero-order valence-electron chi connectivity index (χ0n) is 36.0. The van der Waals surface area contributed by atoms with E-state index in [0.717, 1.165) is 25.7 Å². The minimum absolute atomic E-state index is 0.0553. The van der Waals surface area contributed by atoms with Crippen molar-refractivity contribution in [3.8, 4) is 0 Å². The fraction of sp³-hybridized carbons (Fsp3) is 0.930. The Labute approximate surface area is 341 Å². The average molecular weight is 817 g/mol. The molecule has 0 unspecified atom stereocenters. The number of hydrogen-bond donors (Lipinski definition) is 2. The van der Waals surface area contributed by atoms with E-state index in [2.05, 4.69) is 23.8 Å². The van der Waals surface area contributed by atoms with E-state index in [1.54, 1.807) is 0 Å². The van der Waals surface area contributed by atoms with E-state index in [9.17, 15) is 14.5 Å². The smallest absolute Gasteiger partial charge is 0.356 e. The van der Waals surface area contributed by atoms with Crippen LogP contribution in [-0.4, -0.2) is 78.3 Å². The molecule has 12 nitrogen and oxygen atoms in total. The predicted octanol–water partition coefficient (Wildman–Crippen LogP) is 10.8. The second kappa shape index (κ2) is 39.1. The second-order valence-corrected chi connectivity index (χ2v) is 17.4. The van der Waals surface area contributed by atoms with Crippen LogP contribution in [0.25, 0.3) is 0 Å². The summed E-state index contributed by atoms with van der Waals surface area (Å²) < 4.78 is 43.5. The van der Waals surface area contributed by atoms with Crippen molar-refractivity contribution in [3.05, 3.63) is 16.8 Å². The lowest BCUT2D eigenvalue weighted by Crippen LogP contribution is -2.33. The van der Waals surface area contributed by atoms with Crippen molar-refractivity contribution >= 4 is 13.5 Å². The number of nitrogen functional groups attached to an aromatic ring is 1. The number of hydrogen-bond acceptors (Lipinski definition) is 11. The van der Waals surface area contributed by atoms with Gasteiger partial charge in [-0.2, -0.15) is 4.98 Å². The number of aliphatic hydroxyl groups is 1. The van der Waals surface area contributed by atoms with E-state index < -0.39 is 32.3 Å². The lowest BCUT2D eigenvalue weighted by atomic mass is 10.0. The van der Waals surface area contributed by atoms with Crippen LogP contribution in [0.1, 0.15) is 194 Å². The van der Waals surface area contributed by atoms with Gasteiger partial charge >= 0.3 is 13.3 Å². The number of anilines is 1. The maximum absolute atomic E-state index is 13.7. The van der Waals surface area contributed by atoms with E-state index in [1.165, 1.54) is 165 Å². The topological polar surface area (TPSA) is 157 Å². The first-order valence-electron chi connectivity index (χ1n) is 22.9. The van der Waals surface area contributed by atoms with E-state index in [0.29, 0.717) is 13.2 Å². The minimum Gasteiger partial charge on any atom is -0.394 e. The molecule has 0 aromatic carbocycles. The van der Waals surface area contributed by atoms with Crippen LogP contribution < -0.4 is 11.4 Å². The first-order valence-corrected chi connectivity index (χ1v) is 24.6. The van der Waals surface area contributed by atoms with Crippen LogP contribution in [0.2, 0.25) is 0 Å². The lowest BCUT2D eigenvalue weighted by molar-refractivity contribution is 0.00897. The van der Waals surface area contributed by atoms with Crippen LogP contribution in [0.15, 0.2) is 11.1 Å². The quantitative estimate of drug-likeness (QED) is 0.0477. The van der Waals surface area contributed by atoms with Gasteiger partial charge in [-0.3, -0.25) is 9.13 Å². The van der Waals surface area contributed by atoms with Gasteiger partial charge in [-0.15, -0.1) is 0 Å². The molecule has 3 N–H and O–H groups in total. The Morgan fingerprint density at radius 2 is 0.982 bits per heavy atom. The molecule has 1 heterocycles. The van der Waals surface area contributed by atoms with Crippen LogP contribution in [0.5, 0.6) is 0 Å². The predicted molar refractivity (Wildman–Crippen MR) is 229 cm³/mol. The average Bonchev–Trinajstić information content (AvgIpc) is 3.19. The number of unbranched alkanes of at least 4 members (excludes halogenated alkanes) is 26. The molecule has 13 heteroatoms. The van der Waals surface area contributed by atoms with E-state index >= 15 is 0 Å².